The third kappa shape index (κ3) is 5.42. The van der Waals surface area contributed by atoms with Gasteiger partial charge in [0.15, 0.2) is 6.61 Å². The van der Waals surface area contributed by atoms with Gasteiger partial charge in [-0.1, -0.05) is 33.6 Å². The summed E-state index contributed by atoms with van der Waals surface area (Å²) in [7, 11) is 0. The molecule has 0 saturated carbocycles. The quantitative estimate of drug-likeness (QED) is 0.455. The monoisotopic (exact) mass is 380 g/mol. The third-order valence-electron chi connectivity index (χ3n) is 4.81. The van der Waals surface area contributed by atoms with Crippen molar-refractivity contribution in [3.8, 4) is 6.07 Å². The summed E-state index contributed by atoms with van der Waals surface area (Å²) in [5.41, 5.74) is -2.12. The Balaban J connectivity index is 2.58. The maximum atomic E-state index is 12.4. The number of nitrogens with one attached hydrogen (secondary N) is 2. The fourth-order valence-electron chi connectivity index (χ4n) is 2.54. The van der Waals surface area contributed by atoms with Crippen LogP contribution in [0.25, 0.3) is 0 Å². The van der Waals surface area contributed by atoms with Gasteiger partial charge in [0.05, 0.1) is 6.07 Å². The van der Waals surface area contributed by atoms with Crippen LogP contribution in [-0.2, 0) is 19.1 Å². The number of ether oxygens (including phenoxy) is 1. The van der Waals surface area contributed by atoms with Gasteiger partial charge in [-0.25, -0.2) is 4.79 Å². The topological polar surface area (TPSA) is 129 Å². The average Bonchev–Trinajstić information content (AvgIpc) is 2.81. The van der Waals surface area contributed by atoms with E-state index in [9.17, 15) is 24.4 Å². The predicted molar refractivity (Wildman–Crippen MR) is 96.1 cm³/mol. The first-order valence-corrected chi connectivity index (χ1v) is 9.01. The van der Waals surface area contributed by atoms with Gasteiger partial charge in [-0.3, -0.25) is 19.3 Å². The smallest absolute Gasteiger partial charge is 0.326 e. The summed E-state index contributed by atoms with van der Waals surface area (Å²) in [5.74, 6) is -2.14. The molecule has 0 unspecified atom stereocenters. The minimum absolute atomic E-state index is 0.145. The lowest BCUT2D eigenvalue weighted by Gasteiger charge is -2.27. The Labute approximate surface area is 159 Å². The van der Waals surface area contributed by atoms with Gasteiger partial charge in [0, 0.05) is 0 Å². The number of esters is 1. The summed E-state index contributed by atoms with van der Waals surface area (Å²) in [5, 5.41) is 14.3. The van der Waals surface area contributed by atoms with Crippen LogP contribution in [0.1, 0.15) is 53.9 Å². The van der Waals surface area contributed by atoms with Crippen molar-refractivity contribution in [2.45, 2.75) is 65.0 Å². The van der Waals surface area contributed by atoms with E-state index in [2.05, 4.69) is 10.6 Å². The zero-order valence-corrected chi connectivity index (χ0v) is 16.5. The lowest BCUT2D eigenvalue weighted by atomic mass is 9.90. The largest absolute Gasteiger partial charge is 0.454 e. The summed E-state index contributed by atoms with van der Waals surface area (Å²) >= 11 is 0. The molecule has 0 aliphatic carbocycles. The predicted octanol–water partition coefficient (Wildman–Crippen LogP) is 1.08. The summed E-state index contributed by atoms with van der Waals surface area (Å²) in [4.78, 5) is 49.1. The zero-order chi connectivity index (χ0) is 20.8. The van der Waals surface area contributed by atoms with E-state index in [1.54, 1.807) is 27.7 Å². The van der Waals surface area contributed by atoms with Crippen LogP contribution >= 0.6 is 0 Å². The van der Waals surface area contributed by atoms with E-state index in [1.807, 2.05) is 13.0 Å². The number of unbranched alkanes of at least 4 members (excludes halogenated alkanes) is 1. The standard InChI is InChI=1S/C18H28N4O5/c1-6-7-8-17(4)15(25)22(16(26)21-17)9-14(24)27-10-13(23)20-18(5,11-19)12(2)3/h12H,6-10H2,1-5H3,(H,20,23)(H,21,26)/t17-,18+/m0/s1. The molecule has 150 valence electrons. The number of nitriles is 1. The second-order valence-corrected chi connectivity index (χ2v) is 7.43. The van der Waals surface area contributed by atoms with E-state index >= 15 is 0 Å². The van der Waals surface area contributed by atoms with Gasteiger partial charge in [0.1, 0.15) is 17.6 Å². The highest BCUT2D eigenvalue weighted by atomic mass is 16.5. The molecule has 2 N–H and O–H groups in total. The highest BCUT2D eigenvalue weighted by Gasteiger charge is 2.47. The van der Waals surface area contributed by atoms with Crippen molar-refractivity contribution < 1.29 is 23.9 Å². The lowest BCUT2D eigenvalue weighted by molar-refractivity contribution is -0.151. The average molecular weight is 380 g/mol. The molecular weight excluding hydrogens is 352 g/mol. The minimum Gasteiger partial charge on any atom is -0.454 e. The summed E-state index contributed by atoms with van der Waals surface area (Å²) in [6.07, 6.45) is 2.10. The molecular formula is C18H28N4O5. The molecule has 0 bridgehead atoms. The number of carbonyl (C=O) groups excluding carboxylic acids is 4. The van der Waals surface area contributed by atoms with Crippen molar-refractivity contribution in [1.82, 2.24) is 15.5 Å². The second kappa shape index (κ2) is 8.84. The van der Waals surface area contributed by atoms with Crippen LogP contribution in [0.5, 0.6) is 0 Å². The van der Waals surface area contributed by atoms with Crippen LogP contribution in [0.2, 0.25) is 0 Å². The van der Waals surface area contributed by atoms with E-state index in [-0.39, 0.29) is 5.92 Å². The van der Waals surface area contributed by atoms with Crippen LogP contribution in [0.15, 0.2) is 0 Å². The van der Waals surface area contributed by atoms with Crippen LogP contribution in [0.3, 0.4) is 0 Å². The Kier molecular flexibility index (Phi) is 7.34. The molecule has 4 amide bonds. The molecule has 0 aromatic heterocycles. The first-order chi connectivity index (χ1) is 12.5. The Bertz CT molecular complexity index is 657. The first kappa shape index (κ1) is 22.4. The maximum Gasteiger partial charge on any atom is 0.326 e. The number of carbonyl (C=O) groups is 4. The molecule has 0 aromatic carbocycles. The number of urea groups is 1. The van der Waals surface area contributed by atoms with E-state index in [0.717, 1.165) is 17.7 Å². The lowest BCUT2D eigenvalue weighted by Crippen LogP contribution is -2.50. The molecule has 1 saturated heterocycles. The fraction of sp³-hybridized carbons (Fsp3) is 0.722. The molecule has 1 heterocycles. The molecule has 1 rings (SSSR count). The first-order valence-electron chi connectivity index (χ1n) is 9.01. The number of imide groups is 1. The molecule has 2 atom stereocenters. The summed E-state index contributed by atoms with van der Waals surface area (Å²) in [6, 6.07) is 1.36. The molecule has 27 heavy (non-hydrogen) atoms. The highest BCUT2D eigenvalue weighted by Crippen LogP contribution is 2.23. The van der Waals surface area contributed by atoms with Crippen molar-refractivity contribution >= 4 is 23.8 Å². The Hall–Kier alpha value is -2.63. The van der Waals surface area contributed by atoms with Gasteiger partial charge in [-0.15, -0.1) is 0 Å². The van der Waals surface area contributed by atoms with Crippen molar-refractivity contribution in [1.29, 1.82) is 5.26 Å². The summed E-state index contributed by atoms with van der Waals surface area (Å²) < 4.78 is 4.85. The fourth-order valence-corrected chi connectivity index (χ4v) is 2.54. The van der Waals surface area contributed by atoms with Gasteiger partial charge < -0.3 is 15.4 Å². The minimum atomic E-state index is -1.09. The molecule has 9 heteroatoms. The van der Waals surface area contributed by atoms with E-state index in [4.69, 9.17) is 4.74 Å². The number of amides is 4. The van der Waals surface area contributed by atoms with E-state index < -0.39 is 48.0 Å². The molecule has 0 radical (unpaired) electrons. The van der Waals surface area contributed by atoms with Gasteiger partial charge in [0.25, 0.3) is 11.8 Å². The Morgan fingerprint density at radius 3 is 2.56 bits per heavy atom. The Morgan fingerprint density at radius 2 is 2.04 bits per heavy atom. The van der Waals surface area contributed by atoms with Gasteiger partial charge in [-0.05, 0) is 26.2 Å². The zero-order valence-electron chi connectivity index (χ0n) is 16.5. The van der Waals surface area contributed by atoms with E-state index in [0.29, 0.717) is 6.42 Å². The summed E-state index contributed by atoms with van der Waals surface area (Å²) in [6.45, 7) is 7.56. The van der Waals surface area contributed by atoms with Crippen molar-refractivity contribution in [2.24, 2.45) is 5.92 Å². The molecule has 1 aliphatic heterocycles. The van der Waals surface area contributed by atoms with Crippen LogP contribution in [0.4, 0.5) is 4.79 Å². The maximum absolute atomic E-state index is 12.4. The number of hydrogen-bond donors (Lipinski definition) is 2. The van der Waals surface area contributed by atoms with Crippen molar-refractivity contribution in [3.63, 3.8) is 0 Å². The highest BCUT2D eigenvalue weighted by molar-refractivity contribution is 6.08. The number of hydrogen-bond acceptors (Lipinski definition) is 6. The molecule has 0 spiro atoms. The van der Waals surface area contributed by atoms with Gasteiger partial charge in [-0.2, -0.15) is 5.26 Å². The molecule has 9 nitrogen and oxygen atoms in total. The third-order valence-corrected chi connectivity index (χ3v) is 4.81. The van der Waals surface area contributed by atoms with Crippen molar-refractivity contribution in [3.05, 3.63) is 0 Å². The second-order valence-electron chi connectivity index (χ2n) is 7.43. The number of nitrogens with zero attached hydrogens (tertiary/aromatic N) is 2. The normalized spacial score (nSPS) is 21.4. The molecule has 1 fully saturated rings. The molecule has 1 aliphatic rings. The van der Waals surface area contributed by atoms with Gasteiger partial charge >= 0.3 is 12.0 Å². The van der Waals surface area contributed by atoms with Crippen LogP contribution in [0, 0.1) is 17.2 Å². The van der Waals surface area contributed by atoms with Gasteiger partial charge in [0.2, 0.25) is 0 Å². The van der Waals surface area contributed by atoms with Crippen LogP contribution < -0.4 is 10.6 Å². The van der Waals surface area contributed by atoms with Crippen LogP contribution in [-0.4, -0.2) is 52.9 Å². The SMILES string of the molecule is CCCC[C@]1(C)NC(=O)N(CC(=O)OCC(=O)N[C@](C)(C#N)C(C)C)C1=O. The van der Waals surface area contributed by atoms with E-state index in [1.165, 1.54) is 0 Å². The Morgan fingerprint density at radius 1 is 1.41 bits per heavy atom. The number of rotatable bonds is 9. The molecule has 0 aromatic rings. The van der Waals surface area contributed by atoms with Crippen molar-refractivity contribution in [2.75, 3.05) is 13.2 Å².